The lowest BCUT2D eigenvalue weighted by molar-refractivity contribution is -0.171. The second-order valence-corrected chi connectivity index (χ2v) is 4.52. The van der Waals surface area contributed by atoms with Crippen molar-refractivity contribution in [3.63, 3.8) is 0 Å². The number of methoxy groups -OCH3 is 1. The minimum Gasteiger partial charge on any atom is -0.382 e. The van der Waals surface area contributed by atoms with Crippen molar-refractivity contribution in [2.45, 2.75) is 25.3 Å². The van der Waals surface area contributed by atoms with E-state index in [4.69, 9.17) is 4.74 Å². The molecule has 136 valence electrons. The van der Waals surface area contributed by atoms with E-state index in [1.807, 2.05) is 0 Å². The van der Waals surface area contributed by atoms with Crippen molar-refractivity contribution in [3.05, 3.63) is 11.8 Å². The first kappa shape index (κ1) is 19.7. The van der Waals surface area contributed by atoms with E-state index in [1.165, 1.54) is 19.4 Å². The van der Waals surface area contributed by atoms with Crippen LogP contribution >= 0.6 is 0 Å². The van der Waals surface area contributed by atoms with E-state index in [0.717, 1.165) is 0 Å². The number of hydrogen-bond acceptors (Lipinski definition) is 4. The summed E-state index contributed by atoms with van der Waals surface area (Å²) < 4.78 is 79.0. The molecule has 0 saturated carbocycles. The highest BCUT2D eigenvalue weighted by Gasteiger charge is 2.39. The molecule has 0 aliphatic carbocycles. The number of H-pyrrole nitrogens is 1. The van der Waals surface area contributed by atoms with Gasteiger partial charge in [-0.3, -0.25) is 15.2 Å². The van der Waals surface area contributed by atoms with Crippen molar-refractivity contribution in [3.8, 4) is 0 Å². The highest BCUT2D eigenvalue weighted by molar-refractivity contribution is 6.05. The number of halogens is 6. The van der Waals surface area contributed by atoms with E-state index in [9.17, 15) is 31.1 Å². The van der Waals surface area contributed by atoms with Gasteiger partial charge in [0, 0.05) is 13.2 Å². The third-order valence-electron chi connectivity index (χ3n) is 2.38. The summed E-state index contributed by atoms with van der Waals surface area (Å²) in [6, 6.07) is -0.178. The molecule has 1 aromatic heterocycles. The lowest BCUT2D eigenvalue weighted by Crippen LogP contribution is -2.44. The van der Waals surface area contributed by atoms with E-state index < -0.39 is 41.8 Å². The molecule has 1 aromatic rings. The molecule has 0 aromatic carbocycles. The maximum absolute atomic E-state index is 12.5. The van der Waals surface area contributed by atoms with Gasteiger partial charge in [-0.1, -0.05) is 0 Å². The lowest BCUT2D eigenvalue weighted by atomic mass is 10.4. The Morgan fingerprint density at radius 1 is 1.38 bits per heavy atom. The standard InChI is InChI=1S/C11H13F6N5O2/c1-5(4-24-2)18-9(20-8(23)11(15,16)17)19-7-3-6(21-22-7)10(12,13)14/h3,5H,4H2,1-2H3,(H3,18,19,20,21,22,23). The summed E-state index contributed by atoms with van der Waals surface area (Å²) in [5.74, 6) is -3.54. The molecule has 0 spiro atoms. The second-order valence-electron chi connectivity index (χ2n) is 4.52. The number of hydrogen-bond donors (Lipinski definition) is 3. The molecule has 0 fully saturated rings. The molecule has 3 N–H and O–H groups in total. The van der Waals surface area contributed by atoms with Gasteiger partial charge in [0.2, 0.25) is 5.96 Å². The molecule has 24 heavy (non-hydrogen) atoms. The van der Waals surface area contributed by atoms with E-state index in [1.54, 1.807) is 5.10 Å². The van der Waals surface area contributed by atoms with E-state index >= 15 is 0 Å². The Bertz CT molecular complexity index is 594. The average molecular weight is 361 g/mol. The molecule has 13 heteroatoms. The first-order valence-electron chi connectivity index (χ1n) is 6.28. The molecule has 1 amide bonds. The second kappa shape index (κ2) is 7.51. The molecular formula is C11H13F6N5O2. The van der Waals surface area contributed by atoms with Crippen molar-refractivity contribution < 1.29 is 35.9 Å². The summed E-state index contributed by atoms with van der Waals surface area (Å²) >= 11 is 0. The third kappa shape index (κ3) is 6.06. The van der Waals surface area contributed by atoms with Crippen molar-refractivity contribution >= 4 is 17.7 Å². The highest BCUT2D eigenvalue weighted by Crippen LogP contribution is 2.28. The molecular weight excluding hydrogens is 348 g/mol. The first-order chi connectivity index (χ1) is 10.9. The summed E-state index contributed by atoms with van der Waals surface area (Å²) in [6.07, 6.45) is -9.92. The predicted octanol–water partition coefficient (Wildman–Crippen LogP) is 1.91. The van der Waals surface area contributed by atoms with Crippen molar-refractivity contribution in [1.29, 1.82) is 0 Å². The van der Waals surface area contributed by atoms with Crippen LogP contribution in [0.4, 0.5) is 32.2 Å². The van der Waals surface area contributed by atoms with Gasteiger partial charge in [-0.05, 0) is 6.92 Å². The third-order valence-corrected chi connectivity index (χ3v) is 2.38. The number of aromatic nitrogens is 2. The summed E-state index contributed by atoms with van der Waals surface area (Å²) in [4.78, 5) is 14.7. The van der Waals surface area contributed by atoms with Crippen molar-refractivity contribution in [2.24, 2.45) is 4.99 Å². The molecule has 1 heterocycles. The fourth-order valence-electron chi connectivity index (χ4n) is 1.43. The largest absolute Gasteiger partial charge is 0.471 e. The van der Waals surface area contributed by atoms with Gasteiger partial charge >= 0.3 is 18.3 Å². The Balaban J connectivity index is 2.97. The van der Waals surface area contributed by atoms with Gasteiger partial charge in [-0.25, -0.2) is 4.99 Å². The summed E-state index contributed by atoms with van der Waals surface area (Å²) in [7, 11) is 1.32. The molecule has 1 atom stereocenters. The van der Waals surface area contributed by atoms with Gasteiger partial charge in [0.05, 0.1) is 12.6 Å². The lowest BCUT2D eigenvalue weighted by Gasteiger charge is -2.13. The smallest absolute Gasteiger partial charge is 0.382 e. The zero-order valence-corrected chi connectivity index (χ0v) is 12.3. The van der Waals surface area contributed by atoms with Gasteiger partial charge in [0.15, 0.2) is 5.82 Å². The number of amides is 1. The van der Waals surface area contributed by atoms with Crippen LogP contribution in [0.25, 0.3) is 0 Å². The zero-order chi connectivity index (χ0) is 18.5. The van der Waals surface area contributed by atoms with Gasteiger partial charge < -0.3 is 10.1 Å². The number of ether oxygens (including phenoxy) is 1. The van der Waals surface area contributed by atoms with Crippen LogP contribution in [0.2, 0.25) is 0 Å². The molecule has 1 unspecified atom stereocenters. The summed E-state index contributed by atoms with van der Waals surface area (Å²) in [5.41, 5.74) is -1.23. The Morgan fingerprint density at radius 3 is 2.46 bits per heavy atom. The normalized spacial score (nSPS) is 14.4. The van der Waals surface area contributed by atoms with Crippen LogP contribution in [0.15, 0.2) is 11.1 Å². The number of aliphatic imine (C=N–C) groups is 1. The van der Waals surface area contributed by atoms with Gasteiger partial charge in [-0.15, -0.1) is 0 Å². The molecule has 0 radical (unpaired) electrons. The summed E-state index contributed by atoms with van der Waals surface area (Å²) in [6.45, 7) is 1.46. The number of rotatable bonds is 4. The molecule has 0 aliphatic rings. The topological polar surface area (TPSA) is 91.4 Å². The zero-order valence-electron chi connectivity index (χ0n) is 12.3. The number of anilines is 1. The van der Waals surface area contributed by atoms with Crippen molar-refractivity contribution in [2.75, 3.05) is 19.0 Å². The fourth-order valence-corrected chi connectivity index (χ4v) is 1.43. The molecule has 0 bridgehead atoms. The monoisotopic (exact) mass is 361 g/mol. The van der Waals surface area contributed by atoms with Gasteiger partial charge in [0.25, 0.3) is 0 Å². The minimum atomic E-state index is -5.20. The Kier molecular flexibility index (Phi) is 6.17. The Labute approximate surface area is 131 Å². The van der Waals surface area contributed by atoms with Gasteiger partial charge in [0.1, 0.15) is 5.69 Å². The maximum Gasteiger partial charge on any atom is 0.471 e. The summed E-state index contributed by atoms with van der Waals surface area (Å²) in [5, 5.41) is 8.42. The number of alkyl halides is 6. The molecule has 0 aliphatic heterocycles. The molecule has 1 rings (SSSR count). The Hall–Kier alpha value is -2.31. The van der Waals surface area contributed by atoms with E-state index in [-0.39, 0.29) is 6.61 Å². The van der Waals surface area contributed by atoms with E-state index in [2.05, 4.69) is 15.4 Å². The van der Waals surface area contributed by atoms with Crippen LogP contribution in [0, 0.1) is 0 Å². The van der Waals surface area contributed by atoms with E-state index in [0.29, 0.717) is 6.07 Å². The Morgan fingerprint density at radius 2 is 2.00 bits per heavy atom. The number of carbonyl (C=O) groups is 1. The quantitative estimate of drug-likeness (QED) is 0.434. The van der Waals surface area contributed by atoms with Crippen molar-refractivity contribution in [1.82, 2.24) is 15.5 Å². The van der Waals surface area contributed by atoms with Crippen LogP contribution in [-0.4, -0.2) is 48.0 Å². The maximum atomic E-state index is 12.5. The highest BCUT2D eigenvalue weighted by atomic mass is 19.4. The molecule has 0 saturated heterocycles. The van der Waals surface area contributed by atoms with Crippen LogP contribution in [0.3, 0.4) is 0 Å². The van der Waals surface area contributed by atoms with Crippen LogP contribution in [0.5, 0.6) is 0 Å². The first-order valence-corrected chi connectivity index (χ1v) is 6.28. The SMILES string of the molecule is COCC(C)N=C(NC(=O)C(F)(F)F)Nc1cc(C(F)(F)F)[nH]n1. The molecule has 7 nitrogen and oxygen atoms in total. The number of aromatic amines is 1. The predicted molar refractivity (Wildman–Crippen MR) is 70.2 cm³/mol. The van der Waals surface area contributed by atoms with Crippen LogP contribution in [-0.2, 0) is 15.7 Å². The number of guanidine groups is 1. The van der Waals surface area contributed by atoms with Crippen LogP contribution < -0.4 is 10.6 Å². The van der Waals surface area contributed by atoms with Crippen LogP contribution in [0.1, 0.15) is 12.6 Å². The fraction of sp³-hybridized carbons (Fsp3) is 0.545. The van der Waals surface area contributed by atoms with Gasteiger partial charge in [-0.2, -0.15) is 31.4 Å². The average Bonchev–Trinajstić information content (AvgIpc) is 2.86. The number of carbonyl (C=O) groups excluding carboxylic acids is 1. The number of nitrogens with zero attached hydrogens (tertiary/aromatic N) is 2. The number of nitrogens with one attached hydrogen (secondary N) is 3. The minimum absolute atomic E-state index is 0.00142.